The molecule has 0 bridgehead atoms. The van der Waals surface area contributed by atoms with E-state index < -0.39 is 0 Å². The van der Waals surface area contributed by atoms with Gasteiger partial charge in [0.15, 0.2) is 0 Å². The van der Waals surface area contributed by atoms with Gasteiger partial charge in [0, 0.05) is 24.4 Å². The zero-order chi connectivity index (χ0) is 19.0. The molecule has 1 aliphatic heterocycles. The lowest BCUT2D eigenvalue weighted by molar-refractivity contribution is 0.343. The van der Waals surface area contributed by atoms with E-state index in [4.69, 9.17) is 0 Å². The van der Waals surface area contributed by atoms with Gasteiger partial charge in [-0.1, -0.05) is 71.1 Å². The third kappa shape index (κ3) is 6.06. The minimum atomic E-state index is 0.477. The van der Waals surface area contributed by atoms with Gasteiger partial charge in [-0.15, -0.1) is 0 Å². The van der Waals surface area contributed by atoms with Crippen LogP contribution in [0.5, 0.6) is 0 Å². The van der Waals surface area contributed by atoms with Crippen molar-refractivity contribution in [2.75, 3.05) is 7.05 Å². The predicted molar refractivity (Wildman–Crippen MR) is 113 cm³/mol. The number of rotatable bonds is 9. The quantitative estimate of drug-likeness (QED) is 0.399. The van der Waals surface area contributed by atoms with Gasteiger partial charge >= 0.3 is 0 Å². The Balaban J connectivity index is 2.83. The maximum Gasteiger partial charge on any atom is 0.0432 e. The average molecular weight is 342 g/mol. The van der Waals surface area contributed by atoms with Gasteiger partial charge in [0.25, 0.3) is 0 Å². The minimum Gasteiger partial charge on any atom is -0.348 e. The molecular formula is C24H39N. The summed E-state index contributed by atoms with van der Waals surface area (Å²) in [5, 5.41) is 0. The van der Waals surface area contributed by atoms with Gasteiger partial charge in [-0.2, -0.15) is 0 Å². The van der Waals surface area contributed by atoms with Crippen LogP contribution < -0.4 is 0 Å². The van der Waals surface area contributed by atoms with Gasteiger partial charge in [-0.05, 0) is 56.1 Å². The first kappa shape index (κ1) is 21.5. The van der Waals surface area contributed by atoms with Gasteiger partial charge in [-0.25, -0.2) is 0 Å². The maximum atomic E-state index is 4.43. The first-order valence-electron chi connectivity index (χ1n) is 9.93. The van der Waals surface area contributed by atoms with Gasteiger partial charge in [0.2, 0.25) is 0 Å². The molecule has 0 spiro atoms. The van der Waals surface area contributed by atoms with E-state index in [-0.39, 0.29) is 0 Å². The summed E-state index contributed by atoms with van der Waals surface area (Å²) in [5.41, 5.74) is 5.15. The number of hydrogen-bond donors (Lipinski definition) is 0. The van der Waals surface area contributed by atoms with E-state index in [1.807, 2.05) is 6.08 Å². The summed E-state index contributed by atoms with van der Waals surface area (Å²) in [6, 6.07) is 0. The van der Waals surface area contributed by atoms with Gasteiger partial charge in [0.1, 0.15) is 0 Å². The van der Waals surface area contributed by atoms with Crippen LogP contribution in [0.25, 0.3) is 0 Å². The molecule has 2 unspecified atom stereocenters. The van der Waals surface area contributed by atoms with Crippen LogP contribution in [-0.2, 0) is 0 Å². The molecule has 1 nitrogen and oxygen atoms in total. The molecule has 1 rings (SSSR count). The molecule has 1 heteroatoms. The normalized spacial score (nSPS) is 20.3. The molecule has 1 aliphatic rings. The Morgan fingerprint density at radius 3 is 2.56 bits per heavy atom. The topological polar surface area (TPSA) is 3.24 Å². The van der Waals surface area contributed by atoms with E-state index in [2.05, 4.69) is 71.5 Å². The second-order valence-electron chi connectivity index (χ2n) is 7.85. The second-order valence-corrected chi connectivity index (χ2v) is 7.85. The SMILES string of the molecule is C=CC1=C(/C=C\C)CCC(CC(=C)CC(CCC)C(C)C)C(=C)N1C. The molecule has 0 saturated carbocycles. The Labute approximate surface area is 156 Å². The molecule has 0 radical (unpaired) electrons. The van der Waals surface area contributed by atoms with E-state index in [0.717, 1.165) is 37.5 Å². The fourth-order valence-electron chi connectivity index (χ4n) is 3.97. The first-order chi connectivity index (χ1) is 11.8. The molecule has 0 amide bonds. The maximum absolute atomic E-state index is 4.43. The van der Waals surface area contributed by atoms with Crippen molar-refractivity contribution in [1.82, 2.24) is 4.90 Å². The third-order valence-corrected chi connectivity index (χ3v) is 5.60. The van der Waals surface area contributed by atoms with Gasteiger partial charge < -0.3 is 4.90 Å². The van der Waals surface area contributed by atoms with Gasteiger partial charge in [0.05, 0.1) is 0 Å². The van der Waals surface area contributed by atoms with E-state index >= 15 is 0 Å². The molecule has 0 saturated heterocycles. The van der Waals surface area contributed by atoms with Crippen LogP contribution in [-0.4, -0.2) is 11.9 Å². The van der Waals surface area contributed by atoms with E-state index in [9.17, 15) is 0 Å². The van der Waals surface area contributed by atoms with E-state index in [1.165, 1.54) is 35.4 Å². The summed E-state index contributed by atoms with van der Waals surface area (Å²) in [6.07, 6.45) is 13.3. The number of likely N-dealkylation sites (N-methyl/N-ethyl adjacent to an activating group) is 1. The lowest BCUT2D eigenvalue weighted by atomic mass is 9.82. The Hall–Kier alpha value is -1.50. The lowest BCUT2D eigenvalue weighted by Gasteiger charge is -2.29. The summed E-state index contributed by atoms with van der Waals surface area (Å²) < 4.78 is 0. The summed E-state index contributed by atoms with van der Waals surface area (Å²) in [4.78, 5) is 2.24. The van der Waals surface area contributed by atoms with Crippen LogP contribution in [0.4, 0.5) is 0 Å². The zero-order valence-electron chi connectivity index (χ0n) is 17.3. The van der Waals surface area contributed by atoms with Crippen molar-refractivity contribution < 1.29 is 0 Å². The molecule has 25 heavy (non-hydrogen) atoms. The summed E-state index contributed by atoms with van der Waals surface area (Å²) in [5.74, 6) is 1.96. The molecule has 2 atom stereocenters. The van der Waals surface area contributed by atoms with Crippen LogP contribution in [0.15, 0.2) is 60.5 Å². The van der Waals surface area contributed by atoms with Crippen molar-refractivity contribution >= 4 is 0 Å². The van der Waals surface area contributed by atoms with Crippen molar-refractivity contribution in [2.24, 2.45) is 17.8 Å². The Kier molecular flexibility index (Phi) is 9.03. The number of allylic oxidation sites excluding steroid dienone is 6. The molecule has 0 N–H and O–H groups in total. The van der Waals surface area contributed by atoms with Gasteiger partial charge in [-0.3, -0.25) is 0 Å². The molecule has 0 aromatic carbocycles. The van der Waals surface area contributed by atoms with Crippen molar-refractivity contribution in [2.45, 2.75) is 66.2 Å². The van der Waals surface area contributed by atoms with Crippen molar-refractivity contribution in [3.05, 3.63) is 60.5 Å². The monoisotopic (exact) mass is 341 g/mol. The second kappa shape index (κ2) is 10.5. The highest BCUT2D eigenvalue weighted by Gasteiger charge is 2.24. The molecular weight excluding hydrogens is 302 g/mol. The Morgan fingerprint density at radius 2 is 2.04 bits per heavy atom. The van der Waals surface area contributed by atoms with Crippen LogP contribution in [0.1, 0.15) is 66.2 Å². The highest BCUT2D eigenvalue weighted by atomic mass is 15.1. The zero-order valence-corrected chi connectivity index (χ0v) is 17.3. The summed E-state index contributed by atoms with van der Waals surface area (Å²) in [7, 11) is 2.12. The molecule has 140 valence electrons. The van der Waals surface area contributed by atoms with Crippen LogP contribution in [0, 0.1) is 17.8 Å². The molecule has 1 heterocycles. The average Bonchev–Trinajstić information content (AvgIpc) is 2.67. The van der Waals surface area contributed by atoms with Crippen molar-refractivity contribution in [1.29, 1.82) is 0 Å². The van der Waals surface area contributed by atoms with E-state index in [0.29, 0.717) is 5.92 Å². The van der Waals surface area contributed by atoms with Crippen molar-refractivity contribution in [3.8, 4) is 0 Å². The van der Waals surface area contributed by atoms with Crippen LogP contribution >= 0.6 is 0 Å². The molecule has 0 aliphatic carbocycles. The largest absolute Gasteiger partial charge is 0.348 e. The first-order valence-corrected chi connectivity index (χ1v) is 9.93. The third-order valence-electron chi connectivity index (χ3n) is 5.60. The molecule has 0 aromatic rings. The predicted octanol–water partition coefficient (Wildman–Crippen LogP) is 7.27. The fourth-order valence-corrected chi connectivity index (χ4v) is 3.97. The van der Waals surface area contributed by atoms with E-state index in [1.54, 1.807) is 0 Å². The Morgan fingerprint density at radius 1 is 1.36 bits per heavy atom. The van der Waals surface area contributed by atoms with Crippen molar-refractivity contribution in [3.63, 3.8) is 0 Å². The highest BCUT2D eigenvalue weighted by Crippen LogP contribution is 2.36. The highest BCUT2D eigenvalue weighted by molar-refractivity contribution is 5.35. The fraction of sp³-hybridized carbons (Fsp3) is 0.583. The number of hydrogen-bond acceptors (Lipinski definition) is 1. The molecule has 0 aromatic heterocycles. The standard InChI is InChI=1S/C24H39N/c1-9-12-21-14-15-23(20(7)25(8)24(21)11-3)17-19(6)16-22(13-10-2)18(4)5/h9,11-12,18,22-23H,3,6-7,10,13-17H2,1-2,4-5,8H3/b12-9-. The summed E-state index contributed by atoms with van der Waals surface area (Å²) in [6.45, 7) is 21.9. The summed E-state index contributed by atoms with van der Waals surface area (Å²) >= 11 is 0. The minimum absolute atomic E-state index is 0.477. The van der Waals surface area contributed by atoms with Crippen LogP contribution in [0.2, 0.25) is 0 Å². The molecule has 0 fully saturated rings. The lowest BCUT2D eigenvalue weighted by Crippen LogP contribution is -2.21. The smallest absolute Gasteiger partial charge is 0.0432 e. The van der Waals surface area contributed by atoms with Crippen LogP contribution in [0.3, 0.4) is 0 Å². The number of nitrogens with zero attached hydrogens (tertiary/aromatic N) is 1. The Bertz CT molecular complexity index is 532.